The first-order chi connectivity index (χ1) is 9.92. The van der Waals surface area contributed by atoms with E-state index in [1.54, 1.807) is 12.1 Å². The predicted molar refractivity (Wildman–Crippen MR) is 80.9 cm³/mol. The lowest BCUT2D eigenvalue weighted by molar-refractivity contribution is -0.384. The van der Waals surface area contributed by atoms with Crippen LogP contribution in [0, 0.1) is 10.1 Å². The maximum absolute atomic E-state index is 10.6. The highest BCUT2D eigenvalue weighted by Crippen LogP contribution is 2.65. The molecule has 1 aliphatic rings. The molecule has 1 saturated heterocycles. The zero-order chi connectivity index (χ0) is 15.5. The number of nitro benzene ring substituents is 1. The summed E-state index contributed by atoms with van der Waals surface area (Å²) in [4.78, 5) is 20.8. The van der Waals surface area contributed by atoms with Gasteiger partial charge in [0.15, 0.2) is 0 Å². The third kappa shape index (κ3) is 3.77. The van der Waals surface area contributed by atoms with Gasteiger partial charge in [0.05, 0.1) is 23.3 Å². The third-order valence-corrected chi connectivity index (χ3v) is 6.03. The quantitative estimate of drug-likeness (QED) is 0.507. The molecule has 0 saturated carbocycles. The van der Waals surface area contributed by atoms with Crippen molar-refractivity contribution in [2.24, 2.45) is 0 Å². The molecule has 1 atom stereocenters. The summed E-state index contributed by atoms with van der Waals surface area (Å²) in [6.07, 6.45) is 2.69. The molecule has 21 heavy (non-hydrogen) atoms. The molecule has 1 radical (unpaired) electrons. The molecule has 1 aromatic rings. The number of rotatable bonds is 5. The summed E-state index contributed by atoms with van der Waals surface area (Å²) in [5, 5.41) is 10.6. The van der Waals surface area contributed by atoms with Gasteiger partial charge in [0, 0.05) is 18.6 Å². The molecular weight excluding hydrogens is 293 g/mol. The molecule has 0 aromatic heterocycles. The Morgan fingerprint density at radius 3 is 2.48 bits per heavy atom. The molecule has 0 bridgehead atoms. The Balaban J connectivity index is 2.11. The van der Waals surface area contributed by atoms with Gasteiger partial charge >= 0.3 is 0 Å². The van der Waals surface area contributed by atoms with Crippen LogP contribution >= 0.6 is 7.94 Å². The zero-order valence-corrected chi connectivity index (χ0v) is 13.2. The SMILES string of the molecule is CCC1(CC)CCO[P](O)(Cc2ccc([N+](=O)[O-])cc2)O1. The van der Waals surface area contributed by atoms with E-state index < -0.39 is 12.9 Å². The van der Waals surface area contributed by atoms with Gasteiger partial charge in [-0.1, -0.05) is 26.0 Å². The molecular formula is C14H21NO5P. The molecule has 6 nitrogen and oxygen atoms in total. The summed E-state index contributed by atoms with van der Waals surface area (Å²) in [5.74, 6) is 0. The van der Waals surface area contributed by atoms with Crippen molar-refractivity contribution in [2.45, 2.75) is 44.9 Å². The van der Waals surface area contributed by atoms with Crippen LogP contribution in [0.3, 0.4) is 0 Å². The van der Waals surface area contributed by atoms with Crippen LogP contribution in [-0.2, 0) is 15.2 Å². The lowest BCUT2D eigenvalue weighted by Gasteiger charge is -2.45. The van der Waals surface area contributed by atoms with E-state index in [-0.39, 0.29) is 17.5 Å². The van der Waals surface area contributed by atoms with E-state index in [2.05, 4.69) is 0 Å². The minimum atomic E-state index is -2.95. The van der Waals surface area contributed by atoms with Crippen LogP contribution < -0.4 is 0 Å². The highest BCUT2D eigenvalue weighted by Gasteiger charge is 2.43. The van der Waals surface area contributed by atoms with E-state index in [1.165, 1.54) is 12.1 Å². The number of non-ortho nitro benzene ring substituents is 1. The molecule has 2 rings (SSSR count). The van der Waals surface area contributed by atoms with Crippen molar-refractivity contribution in [2.75, 3.05) is 6.61 Å². The highest BCUT2D eigenvalue weighted by molar-refractivity contribution is 7.59. The Bertz CT molecular complexity index is 503. The van der Waals surface area contributed by atoms with Gasteiger partial charge in [0.25, 0.3) is 5.69 Å². The van der Waals surface area contributed by atoms with Crippen molar-refractivity contribution >= 4 is 13.6 Å². The number of nitro groups is 1. The summed E-state index contributed by atoms with van der Waals surface area (Å²) in [7, 11) is -2.95. The Hall–Kier alpha value is -1.07. The normalized spacial score (nSPS) is 24.7. The maximum atomic E-state index is 10.6. The van der Waals surface area contributed by atoms with E-state index in [4.69, 9.17) is 9.05 Å². The van der Waals surface area contributed by atoms with Crippen LogP contribution in [0.4, 0.5) is 5.69 Å². The van der Waals surface area contributed by atoms with Crippen molar-refractivity contribution < 1.29 is 18.9 Å². The molecule has 1 N–H and O–H groups in total. The summed E-state index contributed by atoms with van der Waals surface area (Å²) < 4.78 is 11.5. The van der Waals surface area contributed by atoms with Crippen molar-refractivity contribution in [3.63, 3.8) is 0 Å². The molecule has 0 amide bonds. The smallest absolute Gasteiger partial charge is 0.269 e. The second kappa shape index (κ2) is 6.36. The van der Waals surface area contributed by atoms with Crippen molar-refractivity contribution in [1.29, 1.82) is 0 Å². The van der Waals surface area contributed by atoms with Gasteiger partial charge in [-0.2, -0.15) is 0 Å². The van der Waals surface area contributed by atoms with Crippen molar-refractivity contribution in [3.8, 4) is 0 Å². The van der Waals surface area contributed by atoms with Gasteiger partial charge in [0.1, 0.15) is 0 Å². The topological polar surface area (TPSA) is 81.8 Å². The van der Waals surface area contributed by atoms with Crippen molar-refractivity contribution in [3.05, 3.63) is 39.9 Å². The van der Waals surface area contributed by atoms with Crippen LogP contribution in [0.2, 0.25) is 0 Å². The van der Waals surface area contributed by atoms with E-state index in [9.17, 15) is 15.0 Å². The Labute approximate surface area is 124 Å². The monoisotopic (exact) mass is 314 g/mol. The average molecular weight is 314 g/mol. The van der Waals surface area contributed by atoms with Crippen LogP contribution in [0.5, 0.6) is 0 Å². The number of hydrogen-bond donors (Lipinski definition) is 1. The molecule has 1 aliphatic heterocycles. The van der Waals surface area contributed by atoms with E-state index in [0.717, 1.165) is 24.8 Å². The van der Waals surface area contributed by atoms with Gasteiger partial charge < -0.3 is 13.9 Å². The van der Waals surface area contributed by atoms with Crippen LogP contribution in [0.1, 0.15) is 38.7 Å². The summed E-state index contributed by atoms with van der Waals surface area (Å²) in [6.45, 7) is 4.58. The first-order valence-electron chi connectivity index (χ1n) is 7.11. The van der Waals surface area contributed by atoms with Gasteiger partial charge in [0.2, 0.25) is 7.94 Å². The van der Waals surface area contributed by atoms with Crippen LogP contribution in [-0.4, -0.2) is 22.0 Å². The minimum absolute atomic E-state index is 0.0333. The second-order valence-corrected chi connectivity index (χ2v) is 7.32. The highest BCUT2D eigenvalue weighted by atomic mass is 31.2. The standard InChI is InChI=1S/C14H21NO5P/c1-3-14(4-2)9-10-19-21(18,20-14)11-12-5-7-13(8-6-12)15(16)17/h5-8,18H,3-4,9-11H2,1-2H3. The molecule has 1 aromatic carbocycles. The van der Waals surface area contributed by atoms with Gasteiger partial charge in [-0.05, 0) is 18.4 Å². The van der Waals surface area contributed by atoms with E-state index in [1.807, 2.05) is 13.8 Å². The molecule has 117 valence electrons. The Morgan fingerprint density at radius 1 is 1.33 bits per heavy atom. The third-order valence-electron chi connectivity index (χ3n) is 4.01. The number of hydrogen-bond acceptors (Lipinski definition) is 5. The van der Waals surface area contributed by atoms with Gasteiger partial charge in [-0.3, -0.25) is 10.1 Å². The van der Waals surface area contributed by atoms with Crippen molar-refractivity contribution in [1.82, 2.24) is 0 Å². The molecule has 0 aliphatic carbocycles. The number of nitrogens with zero attached hydrogens (tertiary/aromatic N) is 1. The summed E-state index contributed by atoms with van der Waals surface area (Å²) in [6, 6.07) is 6.13. The zero-order valence-electron chi connectivity index (χ0n) is 12.3. The maximum Gasteiger partial charge on any atom is 0.269 e. The lowest BCUT2D eigenvalue weighted by atomic mass is 9.94. The van der Waals surface area contributed by atoms with E-state index in [0.29, 0.717) is 6.61 Å². The Morgan fingerprint density at radius 2 is 1.95 bits per heavy atom. The summed E-state index contributed by atoms with van der Waals surface area (Å²) >= 11 is 0. The first-order valence-corrected chi connectivity index (χ1v) is 8.88. The fourth-order valence-corrected chi connectivity index (χ4v) is 4.73. The van der Waals surface area contributed by atoms with E-state index >= 15 is 0 Å². The molecule has 1 unspecified atom stereocenters. The number of benzene rings is 1. The average Bonchev–Trinajstić information content (AvgIpc) is 2.47. The molecule has 0 spiro atoms. The molecule has 7 heteroatoms. The molecule has 1 heterocycles. The summed E-state index contributed by atoms with van der Waals surface area (Å²) in [5.41, 5.74) is 0.493. The fraction of sp³-hybridized carbons (Fsp3) is 0.571. The predicted octanol–water partition coefficient (Wildman–Crippen LogP) is 3.85. The molecule has 1 fully saturated rings. The Kier molecular flexibility index (Phi) is 4.94. The fourth-order valence-electron chi connectivity index (χ4n) is 2.51. The second-order valence-electron chi connectivity index (χ2n) is 5.28. The minimum Gasteiger partial charge on any atom is -0.335 e. The van der Waals surface area contributed by atoms with Gasteiger partial charge in [-0.15, -0.1) is 0 Å². The van der Waals surface area contributed by atoms with Crippen LogP contribution in [0.25, 0.3) is 0 Å². The lowest BCUT2D eigenvalue weighted by Crippen LogP contribution is -2.37. The van der Waals surface area contributed by atoms with Crippen LogP contribution in [0.15, 0.2) is 24.3 Å². The van der Waals surface area contributed by atoms with Gasteiger partial charge in [-0.25, -0.2) is 0 Å². The first kappa shape index (κ1) is 16.3. The largest absolute Gasteiger partial charge is 0.335 e.